The molecule has 3 aliphatic rings. The number of ketones is 3. The molecule has 0 aromatic heterocycles. The van der Waals surface area contributed by atoms with Crippen LogP contribution in [0, 0.1) is 15.5 Å². The van der Waals surface area contributed by atoms with Gasteiger partial charge in [0.2, 0.25) is 0 Å². The van der Waals surface area contributed by atoms with Crippen molar-refractivity contribution in [2.24, 2.45) is 10.5 Å². The Morgan fingerprint density at radius 1 is 0.825 bits per heavy atom. The van der Waals surface area contributed by atoms with E-state index >= 15 is 0 Å². The van der Waals surface area contributed by atoms with E-state index in [1.807, 2.05) is 24.3 Å². The summed E-state index contributed by atoms with van der Waals surface area (Å²) in [5, 5.41) is 18.1. The summed E-state index contributed by atoms with van der Waals surface area (Å²) in [5.74, 6) is -2.20. The van der Waals surface area contributed by atoms with E-state index in [0.717, 1.165) is 5.56 Å². The standard InChI is InChI=1S/C32H21N3O5/c36-28(19-9-2-1-3-10-19)27-26(20-12-8-13-22(17-20)35(39)40)32(30(37)24-15-6-7-16-25(24)31(32)38)29-23-14-5-4-11-21(23)18-33-34(27)29/h1-18,26-27,29H/t26-,27+,29-/m1/s1. The highest BCUT2D eigenvalue weighted by molar-refractivity contribution is 6.31. The largest absolute Gasteiger partial charge is 0.293 e. The number of fused-ring (bicyclic) bond motifs is 5. The molecule has 0 saturated carbocycles. The van der Waals surface area contributed by atoms with Gasteiger partial charge < -0.3 is 0 Å². The molecule has 0 radical (unpaired) electrons. The van der Waals surface area contributed by atoms with Gasteiger partial charge in [-0.15, -0.1) is 0 Å². The number of hydrogen-bond donors (Lipinski definition) is 0. The number of benzene rings is 4. The van der Waals surface area contributed by atoms with E-state index in [2.05, 4.69) is 0 Å². The molecular formula is C32H21N3O5. The maximum Gasteiger partial charge on any atom is 0.269 e. The zero-order chi connectivity index (χ0) is 27.6. The molecule has 2 heterocycles. The molecule has 3 atom stereocenters. The number of non-ortho nitro benzene ring substituents is 1. The van der Waals surface area contributed by atoms with Crippen LogP contribution in [0.3, 0.4) is 0 Å². The van der Waals surface area contributed by atoms with Crippen LogP contribution in [-0.4, -0.2) is 39.5 Å². The molecule has 0 amide bonds. The third kappa shape index (κ3) is 3.07. The van der Waals surface area contributed by atoms with Crippen molar-refractivity contribution in [2.75, 3.05) is 0 Å². The van der Waals surface area contributed by atoms with Crippen LogP contribution in [0.15, 0.2) is 108 Å². The SMILES string of the molecule is O=C(c1ccccc1)[C@@H]1[C@@H](c2cccc([N+](=O)[O-])c2)C2(C(=O)c3ccccc3C2=O)[C@H]2c3ccccc3C=NN12. The van der Waals surface area contributed by atoms with Crippen molar-refractivity contribution in [3.63, 3.8) is 0 Å². The second kappa shape index (κ2) is 8.64. The summed E-state index contributed by atoms with van der Waals surface area (Å²) in [7, 11) is 0. The van der Waals surface area contributed by atoms with Gasteiger partial charge in [0.1, 0.15) is 11.5 Å². The van der Waals surface area contributed by atoms with Gasteiger partial charge >= 0.3 is 0 Å². The predicted molar refractivity (Wildman–Crippen MR) is 147 cm³/mol. The lowest BCUT2D eigenvalue weighted by molar-refractivity contribution is -0.384. The third-order valence-corrected chi connectivity index (χ3v) is 8.34. The van der Waals surface area contributed by atoms with Crippen molar-refractivity contribution in [3.8, 4) is 0 Å². The smallest absolute Gasteiger partial charge is 0.269 e. The number of nitro benzene ring substituents is 1. The summed E-state index contributed by atoms with van der Waals surface area (Å²) in [5.41, 5.74) is 0.787. The summed E-state index contributed by atoms with van der Waals surface area (Å²) >= 11 is 0. The first-order chi connectivity index (χ1) is 19.4. The van der Waals surface area contributed by atoms with Gasteiger partial charge in [-0.05, 0) is 16.7 Å². The van der Waals surface area contributed by atoms with E-state index in [1.54, 1.807) is 71.9 Å². The molecule has 8 heteroatoms. The molecule has 1 aliphatic carbocycles. The number of nitro groups is 1. The monoisotopic (exact) mass is 527 g/mol. The number of carbonyl (C=O) groups excluding carboxylic acids is 3. The number of nitrogens with zero attached hydrogens (tertiary/aromatic N) is 3. The molecule has 4 aromatic rings. The van der Waals surface area contributed by atoms with Crippen molar-refractivity contribution in [1.29, 1.82) is 0 Å². The van der Waals surface area contributed by atoms with Gasteiger partial charge in [0.15, 0.2) is 17.3 Å². The zero-order valence-corrected chi connectivity index (χ0v) is 21.0. The average molecular weight is 528 g/mol. The van der Waals surface area contributed by atoms with Crippen LogP contribution in [0.25, 0.3) is 0 Å². The van der Waals surface area contributed by atoms with E-state index in [1.165, 1.54) is 18.2 Å². The molecule has 1 spiro atoms. The van der Waals surface area contributed by atoms with E-state index in [9.17, 15) is 24.5 Å². The van der Waals surface area contributed by atoms with E-state index in [0.29, 0.717) is 16.7 Å². The van der Waals surface area contributed by atoms with Gasteiger partial charge in [-0.1, -0.05) is 91.0 Å². The van der Waals surface area contributed by atoms with Crippen molar-refractivity contribution in [1.82, 2.24) is 5.01 Å². The van der Waals surface area contributed by atoms with Gasteiger partial charge in [0, 0.05) is 34.7 Å². The Kier molecular flexibility index (Phi) is 5.15. The van der Waals surface area contributed by atoms with Crippen LogP contribution in [0.5, 0.6) is 0 Å². The topological polar surface area (TPSA) is 110 Å². The van der Waals surface area contributed by atoms with Gasteiger partial charge in [-0.25, -0.2) is 0 Å². The normalized spacial score (nSPS) is 21.7. The highest BCUT2D eigenvalue weighted by Crippen LogP contribution is 2.64. The van der Waals surface area contributed by atoms with E-state index in [-0.39, 0.29) is 22.6 Å². The summed E-state index contributed by atoms with van der Waals surface area (Å²) < 4.78 is 0. The Balaban J connectivity index is 1.57. The average Bonchev–Trinajstić information content (AvgIpc) is 3.43. The fraction of sp³-hybridized carbons (Fsp3) is 0.125. The molecule has 0 N–H and O–H groups in total. The van der Waals surface area contributed by atoms with Crippen molar-refractivity contribution >= 4 is 29.3 Å². The van der Waals surface area contributed by atoms with Crippen LogP contribution in [-0.2, 0) is 0 Å². The quantitative estimate of drug-likeness (QED) is 0.152. The molecule has 0 unspecified atom stereocenters. The molecule has 0 bridgehead atoms. The summed E-state index contributed by atoms with van der Waals surface area (Å²) in [6, 6.07) is 26.6. The van der Waals surface area contributed by atoms with E-state index < -0.39 is 39.9 Å². The zero-order valence-electron chi connectivity index (χ0n) is 21.0. The molecule has 40 heavy (non-hydrogen) atoms. The third-order valence-electron chi connectivity index (χ3n) is 8.34. The molecule has 194 valence electrons. The minimum Gasteiger partial charge on any atom is -0.293 e. The second-order valence-electron chi connectivity index (χ2n) is 10.2. The van der Waals surface area contributed by atoms with Gasteiger partial charge in [0.05, 0.1) is 17.2 Å². The fourth-order valence-electron chi connectivity index (χ4n) is 6.75. The fourth-order valence-corrected chi connectivity index (χ4v) is 6.75. The van der Waals surface area contributed by atoms with Crippen molar-refractivity contribution < 1.29 is 19.3 Å². The first-order valence-electron chi connectivity index (χ1n) is 12.9. The van der Waals surface area contributed by atoms with Crippen molar-refractivity contribution in [3.05, 3.63) is 147 Å². The van der Waals surface area contributed by atoms with E-state index in [4.69, 9.17) is 5.10 Å². The molecule has 2 aliphatic heterocycles. The maximum atomic E-state index is 14.7. The van der Waals surface area contributed by atoms with Crippen LogP contribution in [0.2, 0.25) is 0 Å². The lowest BCUT2D eigenvalue weighted by Gasteiger charge is -2.36. The minimum absolute atomic E-state index is 0.192. The maximum absolute atomic E-state index is 14.7. The first kappa shape index (κ1) is 23.8. The molecule has 4 aromatic carbocycles. The second-order valence-corrected chi connectivity index (χ2v) is 10.2. The number of hydrazone groups is 1. The molecule has 1 saturated heterocycles. The number of rotatable bonds is 4. The van der Waals surface area contributed by atoms with Gasteiger partial charge in [-0.2, -0.15) is 5.10 Å². The van der Waals surface area contributed by atoms with Gasteiger partial charge in [0.25, 0.3) is 5.69 Å². The number of Topliss-reactive ketones (excluding diaryl/α,β-unsaturated/α-hetero) is 3. The molecule has 1 fully saturated rings. The van der Waals surface area contributed by atoms with Crippen LogP contribution >= 0.6 is 0 Å². The van der Waals surface area contributed by atoms with Crippen molar-refractivity contribution in [2.45, 2.75) is 18.0 Å². The Hall–Kier alpha value is -5.24. The molecular weight excluding hydrogens is 506 g/mol. The highest BCUT2D eigenvalue weighted by atomic mass is 16.6. The van der Waals surface area contributed by atoms with Crippen LogP contribution in [0.4, 0.5) is 5.69 Å². The Labute approximate surface area is 228 Å². The lowest BCUT2D eigenvalue weighted by Crippen LogP contribution is -2.43. The lowest BCUT2D eigenvalue weighted by atomic mass is 9.63. The number of hydrogen-bond acceptors (Lipinski definition) is 7. The molecule has 7 rings (SSSR count). The first-order valence-corrected chi connectivity index (χ1v) is 12.9. The number of carbonyl (C=O) groups is 3. The Morgan fingerprint density at radius 2 is 1.48 bits per heavy atom. The Morgan fingerprint density at radius 3 is 2.17 bits per heavy atom. The van der Waals surface area contributed by atoms with Gasteiger partial charge in [-0.3, -0.25) is 29.5 Å². The van der Waals surface area contributed by atoms with Crippen LogP contribution in [0.1, 0.15) is 59.7 Å². The summed E-state index contributed by atoms with van der Waals surface area (Å²) in [6.45, 7) is 0. The molecule has 8 nitrogen and oxygen atoms in total. The van der Waals surface area contributed by atoms with Crippen LogP contribution < -0.4 is 0 Å². The summed E-state index contributed by atoms with van der Waals surface area (Å²) in [4.78, 5) is 55.0. The summed E-state index contributed by atoms with van der Waals surface area (Å²) in [6.07, 6.45) is 1.64. The highest BCUT2D eigenvalue weighted by Gasteiger charge is 2.72. The minimum atomic E-state index is -1.78. The predicted octanol–water partition coefficient (Wildman–Crippen LogP) is 5.40. The Bertz CT molecular complexity index is 1750.